The molecule has 0 saturated carbocycles. The molecular formula is C11H16N4O4S. The molecule has 2 N–H and O–H groups in total. The lowest BCUT2D eigenvalue weighted by Gasteiger charge is -2.12. The van der Waals surface area contributed by atoms with Gasteiger partial charge in [-0.2, -0.15) is 10.4 Å². The first-order chi connectivity index (χ1) is 9.39. The molecule has 1 aromatic rings. The van der Waals surface area contributed by atoms with Gasteiger partial charge in [0.1, 0.15) is 4.90 Å². The summed E-state index contributed by atoms with van der Waals surface area (Å²) in [6.45, 7) is 1.88. The molecule has 1 aromatic heterocycles. The van der Waals surface area contributed by atoms with Crippen LogP contribution < -0.4 is 4.72 Å². The molecule has 0 aromatic carbocycles. The maximum absolute atomic E-state index is 12.0. The van der Waals surface area contributed by atoms with Crippen LogP contribution in [0.5, 0.6) is 0 Å². The van der Waals surface area contributed by atoms with E-state index in [-0.39, 0.29) is 24.3 Å². The van der Waals surface area contributed by atoms with Gasteiger partial charge in [0.15, 0.2) is 0 Å². The molecule has 110 valence electrons. The smallest absolute Gasteiger partial charge is 0.305 e. The predicted molar refractivity (Wildman–Crippen MR) is 69.1 cm³/mol. The van der Waals surface area contributed by atoms with Gasteiger partial charge in [0.05, 0.1) is 31.7 Å². The zero-order valence-electron chi connectivity index (χ0n) is 11.0. The van der Waals surface area contributed by atoms with Crippen LogP contribution in [-0.4, -0.2) is 35.3 Å². The molecule has 0 amide bonds. The van der Waals surface area contributed by atoms with Crippen molar-refractivity contribution in [2.75, 3.05) is 0 Å². The number of carboxylic acid groups (broad SMARTS) is 1. The van der Waals surface area contributed by atoms with Gasteiger partial charge in [-0.1, -0.05) is 6.92 Å². The van der Waals surface area contributed by atoms with Gasteiger partial charge < -0.3 is 5.11 Å². The Balaban J connectivity index is 2.78. The van der Waals surface area contributed by atoms with E-state index in [0.717, 1.165) is 6.20 Å². The molecule has 0 bridgehead atoms. The van der Waals surface area contributed by atoms with Crippen molar-refractivity contribution in [2.45, 2.75) is 43.7 Å². The maximum atomic E-state index is 12.0. The van der Waals surface area contributed by atoms with Crippen molar-refractivity contribution in [3.8, 4) is 6.07 Å². The SMILES string of the molecule is CCC(CC#N)NS(=O)(=O)c1cnn(CCC(=O)O)c1. The van der Waals surface area contributed by atoms with Gasteiger partial charge in [0.25, 0.3) is 0 Å². The molecule has 0 spiro atoms. The van der Waals surface area contributed by atoms with E-state index in [9.17, 15) is 13.2 Å². The molecule has 0 saturated heterocycles. The van der Waals surface area contributed by atoms with Gasteiger partial charge in [0.2, 0.25) is 10.0 Å². The number of aryl methyl sites for hydroxylation is 1. The molecule has 0 aliphatic carbocycles. The van der Waals surface area contributed by atoms with Gasteiger partial charge in [-0.05, 0) is 6.42 Å². The highest BCUT2D eigenvalue weighted by atomic mass is 32.2. The Kier molecular flexibility index (Phi) is 5.66. The average molecular weight is 300 g/mol. The van der Waals surface area contributed by atoms with Crippen molar-refractivity contribution in [2.24, 2.45) is 0 Å². The zero-order valence-corrected chi connectivity index (χ0v) is 11.8. The summed E-state index contributed by atoms with van der Waals surface area (Å²) in [5, 5.41) is 21.0. The van der Waals surface area contributed by atoms with Crippen LogP contribution in [0.1, 0.15) is 26.2 Å². The van der Waals surface area contributed by atoms with Gasteiger partial charge in [-0.25, -0.2) is 13.1 Å². The highest BCUT2D eigenvalue weighted by molar-refractivity contribution is 7.89. The van der Waals surface area contributed by atoms with Crippen LogP contribution in [0, 0.1) is 11.3 Å². The van der Waals surface area contributed by atoms with E-state index < -0.39 is 22.0 Å². The van der Waals surface area contributed by atoms with Gasteiger partial charge in [-0.3, -0.25) is 9.48 Å². The lowest BCUT2D eigenvalue weighted by Crippen LogP contribution is -2.33. The monoisotopic (exact) mass is 300 g/mol. The van der Waals surface area contributed by atoms with E-state index in [2.05, 4.69) is 9.82 Å². The first-order valence-electron chi connectivity index (χ1n) is 6.02. The average Bonchev–Trinajstić information content (AvgIpc) is 2.85. The second-order valence-electron chi connectivity index (χ2n) is 4.17. The predicted octanol–water partition coefficient (Wildman–Crippen LogP) is 0.328. The van der Waals surface area contributed by atoms with Crippen molar-refractivity contribution >= 4 is 16.0 Å². The van der Waals surface area contributed by atoms with Gasteiger partial charge >= 0.3 is 5.97 Å². The Labute approximate surface area is 117 Å². The molecule has 1 rings (SSSR count). The number of carboxylic acids is 1. The summed E-state index contributed by atoms with van der Waals surface area (Å²) in [7, 11) is -3.74. The van der Waals surface area contributed by atoms with Crippen LogP contribution in [0.4, 0.5) is 0 Å². The van der Waals surface area contributed by atoms with E-state index in [1.54, 1.807) is 6.92 Å². The maximum Gasteiger partial charge on any atom is 0.305 e. The number of sulfonamides is 1. The fraction of sp³-hybridized carbons (Fsp3) is 0.545. The fourth-order valence-electron chi connectivity index (χ4n) is 1.48. The van der Waals surface area contributed by atoms with Crippen molar-refractivity contribution in [1.29, 1.82) is 5.26 Å². The molecular weight excluding hydrogens is 284 g/mol. The quantitative estimate of drug-likeness (QED) is 0.712. The molecule has 9 heteroatoms. The largest absolute Gasteiger partial charge is 0.481 e. The van der Waals surface area contributed by atoms with Crippen molar-refractivity contribution < 1.29 is 18.3 Å². The lowest BCUT2D eigenvalue weighted by atomic mass is 10.2. The number of nitriles is 1. The van der Waals surface area contributed by atoms with E-state index >= 15 is 0 Å². The summed E-state index contributed by atoms with van der Waals surface area (Å²) in [6.07, 6.45) is 2.87. The van der Waals surface area contributed by atoms with Gasteiger partial charge in [-0.15, -0.1) is 0 Å². The minimum absolute atomic E-state index is 0.0423. The summed E-state index contributed by atoms with van der Waals surface area (Å²) in [6, 6.07) is 1.47. The highest BCUT2D eigenvalue weighted by Crippen LogP contribution is 2.10. The van der Waals surface area contributed by atoms with Crippen molar-refractivity contribution in [3.05, 3.63) is 12.4 Å². The number of carbonyl (C=O) groups is 1. The third-order valence-electron chi connectivity index (χ3n) is 2.63. The highest BCUT2D eigenvalue weighted by Gasteiger charge is 2.20. The number of aromatic nitrogens is 2. The number of nitrogens with zero attached hydrogens (tertiary/aromatic N) is 3. The fourth-order valence-corrected chi connectivity index (χ4v) is 2.75. The molecule has 0 aliphatic rings. The molecule has 1 heterocycles. The van der Waals surface area contributed by atoms with Crippen LogP contribution >= 0.6 is 0 Å². The second-order valence-corrected chi connectivity index (χ2v) is 5.89. The Morgan fingerprint density at radius 3 is 2.90 bits per heavy atom. The van der Waals surface area contributed by atoms with Crippen LogP contribution in [0.15, 0.2) is 17.3 Å². The zero-order chi connectivity index (χ0) is 15.2. The second kappa shape index (κ2) is 7.02. The number of hydrogen-bond acceptors (Lipinski definition) is 5. The van der Waals surface area contributed by atoms with E-state index in [0.29, 0.717) is 6.42 Å². The Morgan fingerprint density at radius 2 is 2.35 bits per heavy atom. The van der Waals surface area contributed by atoms with Crippen molar-refractivity contribution in [1.82, 2.24) is 14.5 Å². The third kappa shape index (κ3) is 4.64. The molecule has 20 heavy (non-hydrogen) atoms. The normalized spacial score (nSPS) is 12.8. The molecule has 8 nitrogen and oxygen atoms in total. The first kappa shape index (κ1) is 16.1. The number of nitrogens with one attached hydrogen (secondary N) is 1. The minimum atomic E-state index is -3.74. The Hall–Kier alpha value is -1.92. The van der Waals surface area contributed by atoms with E-state index in [1.807, 2.05) is 6.07 Å². The Bertz CT molecular complexity index is 602. The van der Waals surface area contributed by atoms with E-state index in [4.69, 9.17) is 10.4 Å². The molecule has 1 atom stereocenters. The van der Waals surface area contributed by atoms with Crippen LogP contribution in [-0.2, 0) is 21.4 Å². The lowest BCUT2D eigenvalue weighted by molar-refractivity contribution is -0.137. The van der Waals surface area contributed by atoms with Crippen LogP contribution in [0.3, 0.4) is 0 Å². The number of hydrogen-bond donors (Lipinski definition) is 2. The Morgan fingerprint density at radius 1 is 1.65 bits per heavy atom. The summed E-state index contributed by atoms with van der Waals surface area (Å²) in [5.41, 5.74) is 0. The molecule has 0 fully saturated rings. The molecule has 1 unspecified atom stereocenters. The summed E-state index contributed by atoms with van der Waals surface area (Å²) < 4.78 is 27.8. The van der Waals surface area contributed by atoms with E-state index in [1.165, 1.54) is 10.9 Å². The summed E-state index contributed by atoms with van der Waals surface area (Å²) in [5.74, 6) is -0.983. The van der Waals surface area contributed by atoms with Crippen LogP contribution in [0.25, 0.3) is 0 Å². The minimum Gasteiger partial charge on any atom is -0.481 e. The number of rotatable bonds is 8. The topological polar surface area (TPSA) is 125 Å². The molecule has 0 radical (unpaired) electrons. The van der Waals surface area contributed by atoms with Crippen molar-refractivity contribution in [3.63, 3.8) is 0 Å². The van der Waals surface area contributed by atoms with Gasteiger partial charge in [0, 0.05) is 12.2 Å². The summed E-state index contributed by atoms with van der Waals surface area (Å²) in [4.78, 5) is 10.4. The van der Waals surface area contributed by atoms with Crippen LogP contribution in [0.2, 0.25) is 0 Å². The first-order valence-corrected chi connectivity index (χ1v) is 7.51. The summed E-state index contributed by atoms with van der Waals surface area (Å²) >= 11 is 0. The standard InChI is InChI=1S/C11H16N4O4S/c1-2-9(3-5-12)14-20(18,19)10-7-13-15(8-10)6-4-11(16)17/h7-9,14H,2-4,6H2,1H3,(H,16,17). The number of aliphatic carboxylic acids is 1. The third-order valence-corrected chi connectivity index (χ3v) is 4.10. The molecule has 0 aliphatic heterocycles.